The summed E-state index contributed by atoms with van der Waals surface area (Å²) in [5, 5.41) is 0. The van der Waals surface area contributed by atoms with Crippen LogP contribution in [0.3, 0.4) is 0 Å². The topological polar surface area (TPSA) is 9.23 Å². The van der Waals surface area contributed by atoms with Crippen molar-refractivity contribution < 1.29 is 9.13 Å². The summed E-state index contributed by atoms with van der Waals surface area (Å²) >= 11 is 7.13. The van der Waals surface area contributed by atoms with Gasteiger partial charge in [-0.25, -0.2) is 4.39 Å². The smallest absolute Gasteiger partial charge is 0.126 e. The minimum absolute atomic E-state index is 0.0460. The number of hydrogen-bond donors (Lipinski definition) is 0. The van der Waals surface area contributed by atoms with Gasteiger partial charge in [-0.15, -0.1) is 0 Å². The Hall–Kier alpha value is -0.870. The monoisotopic (exact) mass is 386 g/mol. The van der Waals surface area contributed by atoms with Crippen LogP contribution in [-0.2, 0) is 6.42 Å². The van der Waals surface area contributed by atoms with Crippen LogP contribution < -0.4 is 4.74 Å². The average Bonchev–Trinajstić information content (AvgIpc) is 2.41. The predicted octanol–water partition coefficient (Wildman–Crippen LogP) is 5.28. The van der Waals surface area contributed by atoms with Crippen LogP contribution >= 0.6 is 31.9 Å². The van der Waals surface area contributed by atoms with E-state index < -0.39 is 0 Å². The molecule has 2 aromatic carbocycles. The van der Waals surface area contributed by atoms with Crippen molar-refractivity contribution in [2.75, 3.05) is 7.11 Å². The van der Waals surface area contributed by atoms with Gasteiger partial charge in [-0.3, -0.25) is 0 Å². The van der Waals surface area contributed by atoms with Gasteiger partial charge in [-0.1, -0.05) is 56.1 Å². The minimum atomic E-state index is -0.170. The quantitative estimate of drug-likeness (QED) is 0.649. The summed E-state index contributed by atoms with van der Waals surface area (Å²) in [6, 6.07) is 12.6. The number of ether oxygens (including phenoxy) is 1. The third kappa shape index (κ3) is 3.57. The lowest BCUT2D eigenvalue weighted by Crippen LogP contribution is -1.99. The lowest BCUT2D eigenvalue weighted by atomic mass is 10.0. The van der Waals surface area contributed by atoms with E-state index in [4.69, 9.17) is 4.74 Å². The molecule has 2 rings (SSSR count). The Morgan fingerprint density at radius 1 is 1.21 bits per heavy atom. The fourth-order valence-corrected chi connectivity index (χ4v) is 3.55. The van der Waals surface area contributed by atoms with Crippen molar-refractivity contribution in [1.29, 1.82) is 0 Å². The number of rotatable bonds is 4. The molecule has 0 aromatic heterocycles. The molecule has 0 aliphatic heterocycles. The van der Waals surface area contributed by atoms with Gasteiger partial charge in [0, 0.05) is 9.30 Å². The van der Waals surface area contributed by atoms with Crippen LogP contribution in [0.4, 0.5) is 4.39 Å². The molecule has 4 heteroatoms. The molecule has 0 N–H and O–H groups in total. The van der Waals surface area contributed by atoms with Crippen LogP contribution in [0.25, 0.3) is 0 Å². The predicted molar refractivity (Wildman–Crippen MR) is 82.5 cm³/mol. The van der Waals surface area contributed by atoms with Crippen LogP contribution in [-0.4, -0.2) is 7.11 Å². The lowest BCUT2D eigenvalue weighted by molar-refractivity contribution is 0.414. The Bertz CT molecular complexity index is 572. The summed E-state index contributed by atoms with van der Waals surface area (Å²) in [6.07, 6.45) is 0.595. The normalized spacial score (nSPS) is 12.2. The highest BCUT2D eigenvalue weighted by Gasteiger charge is 2.14. The molecule has 0 heterocycles. The standard InChI is InChI=1S/C15H13Br2FO/c1-19-11-6-7-12(14(17)9-11)13(16)8-10-4-2-3-5-15(10)18/h2-7,9,13H,8H2,1H3. The van der Waals surface area contributed by atoms with Crippen molar-refractivity contribution in [3.8, 4) is 5.75 Å². The number of hydrogen-bond acceptors (Lipinski definition) is 1. The molecule has 100 valence electrons. The summed E-state index contributed by atoms with van der Waals surface area (Å²) in [5.74, 6) is 0.623. The van der Waals surface area contributed by atoms with Gasteiger partial charge in [-0.05, 0) is 35.7 Å². The highest BCUT2D eigenvalue weighted by molar-refractivity contribution is 9.11. The Morgan fingerprint density at radius 2 is 1.95 bits per heavy atom. The molecule has 0 bridgehead atoms. The molecule has 0 fully saturated rings. The van der Waals surface area contributed by atoms with Gasteiger partial charge in [0.2, 0.25) is 0 Å². The van der Waals surface area contributed by atoms with Crippen molar-refractivity contribution in [2.45, 2.75) is 11.2 Å². The zero-order chi connectivity index (χ0) is 13.8. The first kappa shape index (κ1) is 14.5. The Morgan fingerprint density at radius 3 is 2.58 bits per heavy atom. The fraction of sp³-hybridized carbons (Fsp3) is 0.200. The zero-order valence-corrected chi connectivity index (χ0v) is 13.5. The van der Waals surface area contributed by atoms with Gasteiger partial charge in [0.25, 0.3) is 0 Å². The summed E-state index contributed by atoms with van der Waals surface area (Å²) in [7, 11) is 1.63. The van der Waals surface area contributed by atoms with Gasteiger partial charge in [0.15, 0.2) is 0 Å². The van der Waals surface area contributed by atoms with Gasteiger partial charge in [0.05, 0.1) is 7.11 Å². The maximum Gasteiger partial charge on any atom is 0.126 e. The zero-order valence-electron chi connectivity index (χ0n) is 10.4. The van der Waals surface area contributed by atoms with Crippen LogP contribution in [0, 0.1) is 5.82 Å². The highest BCUT2D eigenvalue weighted by Crippen LogP contribution is 2.34. The average molecular weight is 388 g/mol. The molecule has 0 aliphatic rings. The maximum atomic E-state index is 13.6. The first-order valence-corrected chi connectivity index (χ1v) is 7.53. The molecule has 0 spiro atoms. The van der Waals surface area contributed by atoms with Gasteiger partial charge in [-0.2, -0.15) is 0 Å². The largest absolute Gasteiger partial charge is 0.497 e. The molecule has 2 aromatic rings. The Kier molecular flexibility index (Phi) is 4.99. The summed E-state index contributed by atoms with van der Waals surface area (Å²) in [6.45, 7) is 0. The number of halogens is 3. The van der Waals surface area contributed by atoms with Crippen LogP contribution in [0.2, 0.25) is 0 Å². The van der Waals surface area contributed by atoms with Crippen molar-refractivity contribution in [1.82, 2.24) is 0 Å². The van der Waals surface area contributed by atoms with E-state index in [-0.39, 0.29) is 10.6 Å². The summed E-state index contributed by atoms with van der Waals surface area (Å²) in [4.78, 5) is 0.0460. The van der Waals surface area contributed by atoms with Crippen molar-refractivity contribution in [2.24, 2.45) is 0 Å². The molecule has 0 saturated carbocycles. The third-order valence-electron chi connectivity index (χ3n) is 2.90. The van der Waals surface area contributed by atoms with Crippen molar-refractivity contribution >= 4 is 31.9 Å². The molecule has 1 nitrogen and oxygen atoms in total. The second-order valence-corrected chi connectivity index (χ2v) is 6.11. The van der Waals surface area contributed by atoms with Gasteiger partial charge in [0.1, 0.15) is 11.6 Å². The Balaban J connectivity index is 2.21. The minimum Gasteiger partial charge on any atom is -0.497 e. The highest BCUT2D eigenvalue weighted by atomic mass is 79.9. The van der Waals surface area contributed by atoms with Crippen LogP contribution in [0.1, 0.15) is 16.0 Å². The van der Waals surface area contributed by atoms with Crippen LogP contribution in [0.5, 0.6) is 5.75 Å². The third-order valence-corrected chi connectivity index (χ3v) is 4.41. The molecule has 0 saturated heterocycles. The van der Waals surface area contributed by atoms with E-state index in [2.05, 4.69) is 31.9 Å². The van der Waals surface area contributed by atoms with E-state index in [9.17, 15) is 4.39 Å². The molecular formula is C15H13Br2FO. The van der Waals surface area contributed by atoms with E-state index in [1.165, 1.54) is 6.07 Å². The second-order valence-electron chi connectivity index (χ2n) is 4.15. The maximum absolute atomic E-state index is 13.6. The van der Waals surface area contributed by atoms with Crippen molar-refractivity contribution in [3.63, 3.8) is 0 Å². The van der Waals surface area contributed by atoms with Gasteiger partial charge >= 0.3 is 0 Å². The van der Waals surface area contributed by atoms with E-state index in [1.54, 1.807) is 19.2 Å². The molecule has 19 heavy (non-hydrogen) atoms. The van der Waals surface area contributed by atoms with Crippen LogP contribution in [0.15, 0.2) is 46.9 Å². The fourth-order valence-electron chi connectivity index (χ4n) is 1.86. The number of alkyl halides is 1. The molecule has 0 aliphatic carbocycles. The van der Waals surface area contributed by atoms with E-state index in [0.29, 0.717) is 12.0 Å². The molecular weight excluding hydrogens is 375 g/mol. The Labute approximate surface area is 129 Å². The summed E-state index contributed by atoms with van der Waals surface area (Å²) in [5.41, 5.74) is 1.77. The number of methoxy groups -OCH3 is 1. The van der Waals surface area contributed by atoms with Gasteiger partial charge < -0.3 is 4.74 Å². The van der Waals surface area contributed by atoms with Crippen molar-refractivity contribution in [3.05, 3.63) is 63.9 Å². The lowest BCUT2D eigenvalue weighted by Gasteiger charge is -2.14. The van der Waals surface area contributed by atoms with E-state index in [0.717, 1.165) is 15.8 Å². The first-order chi connectivity index (χ1) is 9.11. The molecule has 1 atom stereocenters. The van der Waals surface area contributed by atoms with E-state index >= 15 is 0 Å². The summed E-state index contributed by atoms with van der Waals surface area (Å²) < 4.78 is 19.7. The SMILES string of the molecule is COc1ccc(C(Br)Cc2ccccc2F)c(Br)c1. The molecule has 1 unspecified atom stereocenters. The first-order valence-electron chi connectivity index (χ1n) is 5.82. The molecule has 0 radical (unpaired) electrons. The van der Waals surface area contributed by atoms with E-state index in [1.807, 2.05) is 24.3 Å². The second kappa shape index (κ2) is 6.53. The molecule has 0 amide bonds. The number of benzene rings is 2.